The first-order chi connectivity index (χ1) is 13.6. The van der Waals surface area contributed by atoms with E-state index in [0.29, 0.717) is 6.07 Å². The molecule has 1 amide bonds. The summed E-state index contributed by atoms with van der Waals surface area (Å²) in [6.07, 6.45) is -3.69. The molecule has 3 rings (SSSR count). The molecular formula is C17H12F4N4O3S. The van der Waals surface area contributed by atoms with Gasteiger partial charge in [-0.1, -0.05) is 6.07 Å². The van der Waals surface area contributed by atoms with E-state index in [9.17, 15) is 30.8 Å². The van der Waals surface area contributed by atoms with E-state index < -0.39 is 44.1 Å². The van der Waals surface area contributed by atoms with Gasteiger partial charge in [0.1, 0.15) is 5.82 Å². The largest absolute Gasteiger partial charge is 0.416 e. The number of hydrogen-bond acceptors (Lipinski definition) is 4. The minimum absolute atomic E-state index is 0.0326. The molecule has 0 aliphatic rings. The topological polar surface area (TPSA) is 104 Å². The van der Waals surface area contributed by atoms with E-state index in [-0.39, 0.29) is 11.4 Å². The molecule has 0 saturated carbocycles. The number of benzene rings is 2. The molecule has 3 aromatic rings. The Kier molecular flexibility index (Phi) is 5.29. The van der Waals surface area contributed by atoms with Gasteiger partial charge in [0.05, 0.1) is 17.3 Å². The van der Waals surface area contributed by atoms with Crippen LogP contribution in [-0.2, 0) is 16.2 Å². The Morgan fingerprint density at radius 3 is 2.38 bits per heavy atom. The maximum Gasteiger partial charge on any atom is 0.416 e. The highest BCUT2D eigenvalue weighted by molar-refractivity contribution is 7.92. The summed E-state index contributed by atoms with van der Waals surface area (Å²) < 4.78 is 78.5. The fraction of sp³-hybridized carbons (Fsp3) is 0.0588. The molecule has 12 heteroatoms. The predicted molar refractivity (Wildman–Crippen MR) is 95.2 cm³/mol. The number of hydrogen-bond donors (Lipinski definition) is 3. The monoisotopic (exact) mass is 428 g/mol. The molecule has 152 valence electrons. The molecule has 0 aliphatic heterocycles. The minimum Gasteiger partial charge on any atom is -0.322 e. The number of rotatable bonds is 5. The smallest absolute Gasteiger partial charge is 0.322 e. The molecule has 7 nitrogen and oxygen atoms in total. The summed E-state index contributed by atoms with van der Waals surface area (Å²) in [4.78, 5) is 12.4. The van der Waals surface area contributed by atoms with Gasteiger partial charge in [0.25, 0.3) is 15.9 Å². The van der Waals surface area contributed by atoms with Crippen molar-refractivity contribution in [2.45, 2.75) is 11.2 Å². The summed E-state index contributed by atoms with van der Waals surface area (Å²) in [5.74, 6) is -1.56. The zero-order valence-electron chi connectivity index (χ0n) is 14.3. The Bertz CT molecular complexity index is 1140. The molecule has 0 atom stereocenters. The van der Waals surface area contributed by atoms with Crippen LogP contribution in [0, 0.1) is 5.82 Å². The van der Waals surface area contributed by atoms with Gasteiger partial charge in [-0.05, 0) is 42.5 Å². The molecule has 0 saturated heterocycles. The molecule has 0 spiro atoms. The second-order valence-electron chi connectivity index (χ2n) is 5.76. The molecule has 0 unspecified atom stereocenters. The zero-order valence-corrected chi connectivity index (χ0v) is 15.1. The normalized spacial score (nSPS) is 11.9. The van der Waals surface area contributed by atoms with E-state index in [2.05, 4.69) is 20.2 Å². The van der Waals surface area contributed by atoms with E-state index in [1.807, 2.05) is 0 Å². The molecular weight excluding hydrogens is 416 g/mol. The molecule has 0 aliphatic carbocycles. The molecule has 0 bridgehead atoms. The highest BCUT2D eigenvalue weighted by Gasteiger charge is 2.31. The van der Waals surface area contributed by atoms with Crippen LogP contribution in [0.4, 0.5) is 28.9 Å². The number of nitrogens with one attached hydrogen (secondary N) is 3. The van der Waals surface area contributed by atoms with E-state index in [4.69, 9.17) is 0 Å². The number of halogens is 4. The average Bonchev–Trinajstić information content (AvgIpc) is 3.14. The highest BCUT2D eigenvalue weighted by Crippen LogP contribution is 2.31. The fourth-order valence-electron chi connectivity index (χ4n) is 2.34. The average molecular weight is 428 g/mol. The highest BCUT2D eigenvalue weighted by atomic mass is 32.2. The quantitative estimate of drug-likeness (QED) is 0.540. The number of H-pyrrole nitrogens is 1. The van der Waals surface area contributed by atoms with Crippen LogP contribution in [0.2, 0.25) is 0 Å². The van der Waals surface area contributed by atoms with E-state index in [1.165, 1.54) is 18.2 Å². The van der Waals surface area contributed by atoms with Crippen molar-refractivity contribution in [1.82, 2.24) is 10.2 Å². The third-order valence-corrected chi connectivity index (χ3v) is 5.02. The van der Waals surface area contributed by atoms with E-state index in [0.717, 1.165) is 30.5 Å². The summed E-state index contributed by atoms with van der Waals surface area (Å²) in [6.45, 7) is 0. The molecule has 0 fully saturated rings. The summed E-state index contributed by atoms with van der Waals surface area (Å²) in [6, 6.07) is 8.27. The van der Waals surface area contributed by atoms with Crippen LogP contribution in [0.5, 0.6) is 0 Å². The standard InChI is InChI=1S/C17H12F4N4O3S/c18-11-4-6-12(7-5-11)25-29(27,28)16-14(9-22-24-16)15(26)23-13-3-1-2-10(8-13)17(19,20)21/h1-9,25H,(H,22,24)(H,23,26). The summed E-state index contributed by atoms with van der Waals surface area (Å²) in [5, 5.41) is 7.28. The zero-order chi connectivity index (χ0) is 21.2. The van der Waals surface area contributed by atoms with Gasteiger partial charge in [0.2, 0.25) is 0 Å². The van der Waals surface area contributed by atoms with Gasteiger partial charge in [-0.25, -0.2) is 4.39 Å². The Balaban J connectivity index is 1.84. The van der Waals surface area contributed by atoms with Crippen molar-refractivity contribution >= 4 is 27.3 Å². The lowest BCUT2D eigenvalue weighted by molar-refractivity contribution is -0.137. The van der Waals surface area contributed by atoms with Gasteiger partial charge in [0, 0.05) is 11.4 Å². The van der Waals surface area contributed by atoms with Crippen molar-refractivity contribution in [3.63, 3.8) is 0 Å². The van der Waals surface area contributed by atoms with Crippen molar-refractivity contribution in [2.75, 3.05) is 10.0 Å². The van der Waals surface area contributed by atoms with E-state index in [1.54, 1.807) is 0 Å². The minimum atomic E-state index is -4.61. The summed E-state index contributed by atoms with van der Waals surface area (Å²) in [5.41, 5.74) is -1.54. The first-order valence-corrected chi connectivity index (χ1v) is 9.35. The van der Waals surface area contributed by atoms with Crippen LogP contribution in [0.1, 0.15) is 15.9 Å². The van der Waals surface area contributed by atoms with Gasteiger partial charge in [-0.15, -0.1) is 0 Å². The maximum absolute atomic E-state index is 13.0. The molecule has 1 heterocycles. The number of nitrogens with zero attached hydrogens (tertiary/aromatic N) is 1. The molecule has 3 N–H and O–H groups in total. The number of sulfonamides is 1. The van der Waals surface area contributed by atoms with Crippen LogP contribution in [0.25, 0.3) is 0 Å². The number of carbonyl (C=O) groups excluding carboxylic acids is 1. The van der Waals surface area contributed by atoms with Gasteiger partial charge in [0.15, 0.2) is 5.03 Å². The number of aromatic nitrogens is 2. The lowest BCUT2D eigenvalue weighted by Gasteiger charge is -2.11. The predicted octanol–water partition coefficient (Wildman–Crippen LogP) is 3.62. The van der Waals surface area contributed by atoms with Gasteiger partial charge in [-0.3, -0.25) is 14.6 Å². The van der Waals surface area contributed by atoms with Gasteiger partial charge in [-0.2, -0.15) is 26.7 Å². The second kappa shape index (κ2) is 7.54. The van der Waals surface area contributed by atoms with Crippen LogP contribution >= 0.6 is 0 Å². The van der Waals surface area contributed by atoms with Crippen molar-refractivity contribution in [1.29, 1.82) is 0 Å². The van der Waals surface area contributed by atoms with Gasteiger partial charge < -0.3 is 5.32 Å². The third kappa shape index (κ3) is 4.71. The van der Waals surface area contributed by atoms with Crippen molar-refractivity contribution in [2.24, 2.45) is 0 Å². The van der Waals surface area contributed by atoms with Crippen LogP contribution in [-0.4, -0.2) is 24.5 Å². The molecule has 2 aromatic carbocycles. The summed E-state index contributed by atoms with van der Waals surface area (Å²) >= 11 is 0. The van der Waals surface area contributed by atoms with Crippen LogP contribution in [0.15, 0.2) is 59.8 Å². The molecule has 0 radical (unpaired) electrons. The van der Waals surface area contributed by atoms with Crippen LogP contribution < -0.4 is 10.0 Å². The molecule has 1 aromatic heterocycles. The maximum atomic E-state index is 13.0. The second-order valence-corrected chi connectivity index (χ2v) is 7.38. The Hall–Kier alpha value is -3.41. The first-order valence-electron chi connectivity index (χ1n) is 7.86. The fourth-order valence-corrected chi connectivity index (χ4v) is 3.49. The third-order valence-electron chi connectivity index (χ3n) is 3.66. The van der Waals surface area contributed by atoms with Crippen molar-refractivity contribution < 1.29 is 30.8 Å². The number of amides is 1. The number of anilines is 2. The Labute approximate surface area is 161 Å². The Morgan fingerprint density at radius 1 is 1.03 bits per heavy atom. The lowest BCUT2D eigenvalue weighted by atomic mass is 10.2. The summed E-state index contributed by atoms with van der Waals surface area (Å²) in [7, 11) is -4.31. The number of alkyl halides is 3. The number of carbonyl (C=O) groups is 1. The Morgan fingerprint density at radius 2 is 1.72 bits per heavy atom. The van der Waals surface area contributed by atoms with Crippen molar-refractivity contribution in [3.8, 4) is 0 Å². The molecule has 29 heavy (non-hydrogen) atoms. The number of aromatic amines is 1. The van der Waals surface area contributed by atoms with Crippen molar-refractivity contribution in [3.05, 3.63) is 71.7 Å². The van der Waals surface area contributed by atoms with E-state index >= 15 is 0 Å². The lowest BCUT2D eigenvalue weighted by Crippen LogP contribution is -2.20. The van der Waals surface area contributed by atoms with Gasteiger partial charge >= 0.3 is 6.18 Å². The first kappa shape index (κ1) is 20.3. The SMILES string of the molecule is O=C(Nc1cccc(C(F)(F)F)c1)c1cn[nH]c1S(=O)(=O)Nc1ccc(F)cc1. The van der Waals surface area contributed by atoms with Crippen LogP contribution in [0.3, 0.4) is 0 Å².